The zero-order valence-electron chi connectivity index (χ0n) is 17.8. The van der Waals surface area contributed by atoms with Gasteiger partial charge in [-0.05, 0) is 49.4 Å². The molecule has 6 heteroatoms. The maximum atomic E-state index is 12.6. The normalized spacial score (nSPS) is 14.9. The van der Waals surface area contributed by atoms with Crippen LogP contribution in [0.1, 0.15) is 55.5 Å². The first-order chi connectivity index (χ1) is 14.5. The molecule has 0 saturated carbocycles. The van der Waals surface area contributed by atoms with E-state index < -0.39 is 0 Å². The zero-order chi connectivity index (χ0) is 21.1. The third-order valence-corrected chi connectivity index (χ3v) is 5.68. The van der Waals surface area contributed by atoms with Crippen LogP contribution < -0.4 is 5.32 Å². The van der Waals surface area contributed by atoms with Gasteiger partial charge in [0.25, 0.3) is 0 Å². The number of hydrogen-bond acceptors (Lipinski definition) is 4. The van der Waals surface area contributed by atoms with Crippen molar-refractivity contribution in [2.75, 3.05) is 18.4 Å². The SMILES string of the molecule is Cc1cccc(-c2noc(C3CCN(C(=O)Nc4ccc(C(C)C)cc4)CC3)n2)c1. The molecule has 1 aliphatic rings. The molecule has 2 heterocycles. The maximum Gasteiger partial charge on any atom is 0.321 e. The summed E-state index contributed by atoms with van der Waals surface area (Å²) in [5.41, 5.74) is 4.21. The lowest BCUT2D eigenvalue weighted by Gasteiger charge is -2.30. The monoisotopic (exact) mass is 404 g/mol. The van der Waals surface area contributed by atoms with Gasteiger partial charge in [-0.3, -0.25) is 0 Å². The van der Waals surface area contributed by atoms with E-state index in [4.69, 9.17) is 4.52 Å². The number of nitrogens with one attached hydrogen (secondary N) is 1. The van der Waals surface area contributed by atoms with E-state index in [2.05, 4.69) is 47.5 Å². The van der Waals surface area contributed by atoms with Gasteiger partial charge in [-0.15, -0.1) is 0 Å². The molecule has 1 N–H and O–H groups in total. The molecule has 1 saturated heterocycles. The van der Waals surface area contributed by atoms with Crippen LogP contribution in [-0.2, 0) is 0 Å². The van der Waals surface area contributed by atoms with Crippen LogP contribution in [-0.4, -0.2) is 34.2 Å². The number of piperidine rings is 1. The predicted octanol–water partition coefficient (Wildman–Crippen LogP) is 5.58. The first-order valence-electron chi connectivity index (χ1n) is 10.6. The van der Waals surface area contributed by atoms with Crippen molar-refractivity contribution in [3.8, 4) is 11.4 Å². The molecular formula is C24H28N4O2. The number of rotatable bonds is 4. The Morgan fingerprint density at radius 1 is 1.13 bits per heavy atom. The minimum Gasteiger partial charge on any atom is -0.339 e. The standard InChI is InChI=1S/C24H28N4O2/c1-16(2)18-7-9-21(10-8-18)25-24(29)28-13-11-19(12-14-28)23-26-22(27-30-23)20-6-4-5-17(3)15-20/h4-10,15-16,19H,11-14H2,1-3H3,(H,25,29). The molecule has 0 aliphatic carbocycles. The van der Waals surface area contributed by atoms with Crippen molar-refractivity contribution in [1.82, 2.24) is 15.0 Å². The van der Waals surface area contributed by atoms with E-state index in [1.807, 2.05) is 42.2 Å². The number of aromatic nitrogens is 2. The van der Waals surface area contributed by atoms with Crippen molar-refractivity contribution in [2.45, 2.75) is 45.4 Å². The molecule has 4 rings (SSSR count). The maximum absolute atomic E-state index is 12.6. The molecule has 0 unspecified atom stereocenters. The summed E-state index contributed by atoms with van der Waals surface area (Å²) in [6.07, 6.45) is 1.63. The number of carbonyl (C=O) groups is 1. The van der Waals surface area contributed by atoms with E-state index in [1.165, 1.54) is 5.56 Å². The third-order valence-electron chi connectivity index (χ3n) is 5.68. The molecule has 3 aromatic rings. The molecule has 6 nitrogen and oxygen atoms in total. The van der Waals surface area contributed by atoms with E-state index in [0.29, 0.717) is 30.7 Å². The number of carbonyl (C=O) groups excluding carboxylic acids is 1. The fourth-order valence-electron chi connectivity index (χ4n) is 3.79. The molecule has 2 aromatic carbocycles. The van der Waals surface area contributed by atoms with E-state index in [-0.39, 0.29) is 11.9 Å². The number of nitrogens with zero attached hydrogens (tertiary/aromatic N) is 3. The lowest BCUT2D eigenvalue weighted by molar-refractivity contribution is 0.187. The lowest BCUT2D eigenvalue weighted by atomic mass is 9.97. The molecule has 1 fully saturated rings. The number of likely N-dealkylation sites (tertiary alicyclic amines) is 1. The average molecular weight is 405 g/mol. The van der Waals surface area contributed by atoms with Gasteiger partial charge < -0.3 is 14.7 Å². The van der Waals surface area contributed by atoms with Crippen LogP contribution in [0, 0.1) is 6.92 Å². The molecule has 30 heavy (non-hydrogen) atoms. The molecule has 0 spiro atoms. The Hall–Kier alpha value is -3.15. The van der Waals surface area contributed by atoms with Gasteiger partial charge >= 0.3 is 6.03 Å². The summed E-state index contributed by atoms with van der Waals surface area (Å²) < 4.78 is 5.54. The molecular weight excluding hydrogens is 376 g/mol. The van der Waals surface area contributed by atoms with E-state index >= 15 is 0 Å². The number of urea groups is 1. The van der Waals surface area contributed by atoms with Crippen LogP contribution in [0.25, 0.3) is 11.4 Å². The van der Waals surface area contributed by atoms with Crippen LogP contribution in [0.3, 0.4) is 0 Å². The summed E-state index contributed by atoms with van der Waals surface area (Å²) >= 11 is 0. The fraction of sp³-hybridized carbons (Fsp3) is 0.375. The van der Waals surface area contributed by atoms with Gasteiger partial charge in [0.2, 0.25) is 11.7 Å². The third kappa shape index (κ3) is 4.53. The number of hydrogen-bond donors (Lipinski definition) is 1. The Kier molecular flexibility index (Phi) is 5.84. The van der Waals surface area contributed by atoms with Crippen molar-refractivity contribution < 1.29 is 9.32 Å². The van der Waals surface area contributed by atoms with Gasteiger partial charge in [-0.2, -0.15) is 4.98 Å². The van der Waals surface area contributed by atoms with Crippen LogP contribution in [0.5, 0.6) is 0 Å². The molecule has 0 atom stereocenters. The summed E-state index contributed by atoms with van der Waals surface area (Å²) in [7, 11) is 0. The predicted molar refractivity (Wildman–Crippen MR) is 118 cm³/mol. The second-order valence-corrected chi connectivity index (χ2v) is 8.29. The first kappa shape index (κ1) is 20.1. The molecule has 0 radical (unpaired) electrons. The first-order valence-corrected chi connectivity index (χ1v) is 10.6. The fourth-order valence-corrected chi connectivity index (χ4v) is 3.79. The Bertz CT molecular complexity index is 1000. The van der Waals surface area contributed by atoms with Crippen LogP contribution in [0.2, 0.25) is 0 Å². The zero-order valence-corrected chi connectivity index (χ0v) is 17.8. The minimum atomic E-state index is -0.0586. The van der Waals surface area contributed by atoms with Crippen molar-refractivity contribution in [3.63, 3.8) is 0 Å². The van der Waals surface area contributed by atoms with E-state index in [0.717, 1.165) is 29.7 Å². The Morgan fingerprint density at radius 3 is 2.53 bits per heavy atom. The van der Waals surface area contributed by atoms with Gasteiger partial charge in [0.05, 0.1) is 0 Å². The van der Waals surface area contributed by atoms with Gasteiger partial charge in [0, 0.05) is 30.3 Å². The van der Waals surface area contributed by atoms with Gasteiger partial charge in [0.15, 0.2) is 0 Å². The minimum absolute atomic E-state index is 0.0586. The average Bonchev–Trinajstić information content (AvgIpc) is 3.24. The highest BCUT2D eigenvalue weighted by Gasteiger charge is 2.27. The van der Waals surface area contributed by atoms with Crippen LogP contribution >= 0.6 is 0 Å². The number of benzene rings is 2. The molecule has 0 bridgehead atoms. The van der Waals surface area contributed by atoms with Crippen LogP contribution in [0.4, 0.5) is 10.5 Å². The summed E-state index contributed by atoms with van der Waals surface area (Å²) in [5, 5.41) is 7.15. The van der Waals surface area contributed by atoms with E-state index in [9.17, 15) is 4.79 Å². The van der Waals surface area contributed by atoms with E-state index in [1.54, 1.807) is 0 Å². The summed E-state index contributed by atoms with van der Waals surface area (Å²) in [4.78, 5) is 19.1. The van der Waals surface area contributed by atoms with Gasteiger partial charge in [0.1, 0.15) is 0 Å². The lowest BCUT2D eigenvalue weighted by Crippen LogP contribution is -2.40. The molecule has 1 aliphatic heterocycles. The molecule has 1 aromatic heterocycles. The van der Waals surface area contributed by atoms with Gasteiger partial charge in [-0.1, -0.05) is 54.9 Å². The second kappa shape index (κ2) is 8.69. The summed E-state index contributed by atoms with van der Waals surface area (Å²) in [6.45, 7) is 7.70. The highest BCUT2D eigenvalue weighted by atomic mass is 16.5. The Morgan fingerprint density at radius 2 is 1.87 bits per heavy atom. The second-order valence-electron chi connectivity index (χ2n) is 8.29. The van der Waals surface area contributed by atoms with Crippen molar-refractivity contribution in [2.24, 2.45) is 0 Å². The highest BCUT2D eigenvalue weighted by molar-refractivity contribution is 5.89. The number of anilines is 1. The number of amides is 2. The van der Waals surface area contributed by atoms with Crippen molar-refractivity contribution >= 4 is 11.7 Å². The topological polar surface area (TPSA) is 71.3 Å². The summed E-state index contributed by atoms with van der Waals surface area (Å²) in [6, 6.07) is 16.1. The quantitative estimate of drug-likeness (QED) is 0.616. The van der Waals surface area contributed by atoms with Crippen molar-refractivity contribution in [3.05, 3.63) is 65.5 Å². The van der Waals surface area contributed by atoms with Gasteiger partial charge in [-0.25, -0.2) is 4.79 Å². The highest BCUT2D eigenvalue weighted by Crippen LogP contribution is 2.29. The largest absolute Gasteiger partial charge is 0.339 e. The number of aryl methyl sites for hydroxylation is 1. The van der Waals surface area contributed by atoms with Crippen molar-refractivity contribution in [1.29, 1.82) is 0 Å². The molecule has 156 valence electrons. The molecule has 2 amide bonds. The summed E-state index contributed by atoms with van der Waals surface area (Å²) in [5.74, 6) is 1.95. The smallest absolute Gasteiger partial charge is 0.321 e. The Balaban J connectivity index is 1.33. The van der Waals surface area contributed by atoms with Crippen LogP contribution in [0.15, 0.2) is 53.1 Å². The Labute approximate surface area is 177 Å².